The van der Waals surface area contributed by atoms with Crippen LogP contribution < -0.4 is 0 Å². The Morgan fingerprint density at radius 1 is 1.04 bits per heavy atom. The molecule has 2 rings (SSSR count). The molecule has 1 heterocycles. The van der Waals surface area contributed by atoms with Gasteiger partial charge in [0.05, 0.1) is 17.2 Å². The minimum atomic E-state index is -0.476. The molecule has 0 aliphatic carbocycles. The molecular formula is C19H27ClN2O. The van der Waals surface area contributed by atoms with Gasteiger partial charge in [0.2, 0.25) is 0 Å². The number of halogens is 1. The molecule has 1 aromatic heterocycles. The summed E-state index contributed by atoms with van der Waals surface area (Å²) in [6.45, 7) is 11.7. The molecule has 4 heteroatoms. The number of carbonyl (C=O) groups excluding carboxylic acids is 1. The van der Waals surface area contributed by atoms with E-state index >= 15 is 0 Å². The van der Waals surface area contributed by atoms with Crippen LogP contribution in [0.15, 0.2) is 24.3 Å². The summed E-state index contributed by atoms with van der Waals surface area (Å²) in [5.74, 6) is 0. The molecule has 0 spiro atoms. The molecule has 0 aliphatic heterocycles. The van der Waals surface area contributed by atoms with E-state index in [1.54, 1.807) is 12.1 Å². The van der Waals surface area contributed by atoms with E-state index in [0.29, 0.717) is 11.1 Å². The normalized spacial score (nSPS) is 8.43. The Bertz CT molecular complexity index is 649. The minimum absolute atomic E-state index is 0. The molecule has 0 fully saturated rings. The largest absolute Gasteiger partial charge is 0.362 e. The number of nitrogens with one attached hydrogen (secondary N) is 1. The average molecular weight is 335 g/mol. The lowest BCUT2D eigenvalue weighted by Crippen LogP contribution is -1.93. The van der Waals surface area contributed by atoms with E-state index in [0.717, 1.165) is 22.5 Å². The second-order valence-corrected chi connectivity index (χ2v) is 4.43. The number of carbonyl (C=O) groups is 1. The lowest BCUT2D eigenvalue weighted by atomic mass is 10.00. The molecular weight excluding hydrogens is 308 g/mol. The fourth-order valence-corrected chi connectivity index (χ4v) is 2.34. The first kappa shape index (κ1) is 23.2. The Morgan fingerprint density at radius 3 is 1.91 bits per heavy atom. The highest BCUT2D eigenvalue weighted by atomic mass is 35.5. The number of nitriles is 1. The second kappa shape index (κ2) is 11.5. The van der Waals surface area contributed by atoms with Crippen LogP contribution in [0.5, 0.6) is 0 Å². The van der Waals surface area contributed by atoms with Crippen molar-refractivity contribution in [3.8, 4) is 17.2 Å². The van der Waals surface area contributed by atoms with Gasteiger partial charge in [0.25, 0.3) is 5.24 Å². The Balaban J connectivity index is 0. The summed E-state index contributed by atoms with van der Waals surface area (Å²) in [5, 5.41) is 8.29. The highest BCUT2D eigenvalue weighted by Gasteiger charge is 2.18. The summed E-state index contributed by atoms with van der Waals surface area (Å²) >= 11 is 5.62. The van der Waals surface area contributed by atoms with Gasteiger partial charge in [-0.3, -0.25) is 4.79 Å². The molecule has 0 saturated carbocycles. The molecule has 0 aliphatic rings. The van der Waals surface area contributed by atoms with Crippen LogP contribution in [0.4, 0.5) is 0 Å². The number of nitrogens with zero attached hydrogens (tertiary/aromatic N) is 1. The van der Waals surface area contributed by atoms with E-state index in [4.69, 9.17) is 16.9 Å². The Hall–Kier alpha value is -2.05. The van der Waals surface area contributed by atoms with Gasteiger partial charge in [-0.15, -0.1) is 0 Å². The van der Waals surface area contributed by atoms with Crippen LogP contribution in [-0.2, 0) is 0 Å². The maximum Gasteiger partial charge on any atom is 0.254 e. The molecule has 3 nitrogen and oxygen atoms in total. The zero-order valence-electron chi connectivity index (χ0n) is 14.0. The van der Waals surface area contributed by atoms with Gasteiger partial charge in [0.1, 0.15) is 0 Å². The summed E-state index contributed by atoms with van der Waals surface area (Å²) in [4.78, 5) is 14.6. The highest BCUT2D eigenvalue weighted by molar-refractivity contribution is 6.68. The predicted molar refractivity (Wildman–Crippen MR) is 100 cm³/mol. The Labute approximate surface area is 145 Å². The van der Waals surface area contributed by atoms with Crippen LogP contribution in [0.3, 0.4) is 0 Å². The number of aromatic nitrogens is 1. The van der Waals surface area contributed by atoms with Crippen molar-refractivity contribution in [1.82, 2.24) is 4.98 Å². The van der Waals surface area contributed by atoms with Crippen molar-refractivity contribution >= 4 is 16.8 Å². The topological polar surface area (TPSA) is 56.6 Å². The van der Waals surface area contributed by atoms with Crippen molar-refractivity contribution < 1.29 is 4.79 Å². The van der Waals surface area contributed by atoms with Gasteiger partial charge in [-0.05, 0) is 43.1 Å². The molecule has 1 aromatic carbocycles. The third-order valence-corrected chi connectivity index (χ3v) is 3.06. The van der Waals surface area contributed by atoms with Crippen molar-refractivity contribution in [3.05, 3.63) is 46.8 Å². The fourth-order valence-electron chi connectivity index (χ4n) is 2.10. The monoisotopic (exact) mass is 334 g/mol. The first-order chi connectivity index (χ1) is 10.5. The van der Waals surface area contributed by atoms with Gasteiger partial charge < -0.3 is 4.98 Å². The maximum atomic E-state index is 11.5. The molecule has 0 bridgehead atoms. The van der Waals surface area contributed by atoms with Crippen molar-refractivity contribution in [3.63, 3.8) is 0 Å². The van der Waals surface area contributed by atoms with Crippen molar-refractivity contribution in [2.45, 2.75) is 49.0 Å². The van der Waals surface area contributed by atoms with Crippen molar-refractivity contribution in [1.29, 1.82) is 5.26 Å². The summed E-state index contributed by atoms with van der Waals surface area (Å²) in [5.41, 5.74) is 4.41. The van der Waals surface area contributed by atoms with Gasteiger partial charge in [0.15, 0.2) is 0 Å². The van der Waals surface area contributed by atoms with E-state index in [2.05, 4.69) is 11.1 Å². The fraction of sp³-hybridized carbons (Fsp3) is 0.368. The van der Waals surface area contributed by atoms with Crippen LogP contribution in [0.25, 0.3) is 11.1 Å². The van der Waals surface area contributed by atoms with Crippen LogP contribution in [0.2, 0.25) is 0 Å². The number of hydrogen-bond acceptors (Lipinski definition) is 2. The summed E-state index contributed by atoms with van der Waals surface area (Å²) in [6.07, 6.45) is 0. The zero-order chi connectivity index (χ0) is 17.3. The number of H-pyrrole nitrogens is 1. The summed E-state index contributed by atoms with van der Waals surface area (Å²) < 4.78 is 0. The molecule has 0 amide bonds. The molecule has 23 heavy (non-hydrogen) atoms. The van der Waals surface area contributed by atoms with E-state index in [9.17, 15) is 4.79 Å². The molecule has 0 atom stereocenters. The molecule has 0 unspecified atom stereocenters. The molecule has 1 N–H and O–H groups in total. The third-order valence-electron chi connectivity index (χ3n) is 2.87. The molecule has 0 saturated heterocycles. The van der Waals surface area contributed by atoms with Gasteiger partial charge in [-0.25, -0.2) is 0 Å². The van der Waals surface area contributed by atoms with E-state index < -0.39 is 5.24 Å². The molecule has 0 radical (unpaired) electrons. The summed E-state index contributed by atoms with van der Waals surface area (Å²) in [6, 6.07) is 9.14. The SMILES string of the molecule is C.CC.CC.Cc1[nH]c(C)c(-c2ccc(C#N)cc2)c1C(=O)Cl. The van der Waals surface area contributed by atoms with E-state index in [1.165, 1.54) is 0 Å². The predicted octanol–water partition coefficient (Wildman–Crippen LogP) is 6.24. The number of aryl methyl sites for hydroxylation is 2. The van der Waals surface area contributed by atoms with E-state index in [1.807, 2.05) is 53.7 Å². The third kappa shape index (κ3) is 5.58. The second-order valence-electron chi connectivity index (χ2n) is 4.09. The van der Waals surface area contributed by atoms with E-state index in [-0.39, 0.29) is 7.43 Å². The number of benzene rings is 1. The van der Waals surface area contributed by atoms with Crippen molar-refractivity contribution in [2.24, 2.45) is 0 Å². The number of aromatic amines is 1. The molecule has 2 aromatic rings. The summed E-state index contributed by atoms with van der Waals surface area (Å²) in [7, 11) is 0. The van der Waals surface area contributed by atoms with Gasteiger partial charge in [0, 0.05) is 17.0 Å². The smallest absolute Gasteiger partial charge is 0.254 e. The van der Waals surface area contributed by atoms with Crippen LogP contribution in [-0.4, -0.2) is 10.2 Å². The minimum Gasteiger partial charge on any atom is -0.362 e. The maximum absolute atomic E-state index is 11.5. The Morgan fingerprint density at radius 2 is 1.52 bits per heavy atom. The number of hydrogen-bond donors (Lipinski definition) is 1. The lowest BCUT2D eigenvalue weighted by Gasteiger charge is -2.03. The van der Waals surface area contributed by atoms with Gasteiger partial charge >= 0.3 is 0 Å². The van der Waals surface area contributed by atoms with Gasteiger partial charge in [-0.1, -0.05) is 47.3 Å². The first-order valence-electron chi connectivity index (χ1n) is 7.44. The van der Waals surface area contributed by atoms with Crippen LogP contribution in [0.1, 0.15) is 62.4 Å². The number of rotatable bonds is 2. The standard InChI is InChI=1S/C14H11ClN2O.2C2H6.CH4/c1-8-12(13(14(15)18)9(2)17-8)11-5-3-10(7-16)4-6-11;2*1-2;/h3-6,17H,1-2H3;2*1-2H3;1H4. The van der Waals surface area contributed by atoms with Crippen LogP contribution in [0, 0.1) is 25.2 Å². The zero-order valence-corrected chi connectivity index (χ0v) is 14.8. The first-order valence-corrected chi connectivity index (χ1v) is 7.82. The highest BCUT2D eigenvalue weighted by Crippen LogP contribution is 2.31. The van der Waals surface area contributed by atoms with Crippen molar-refractivity contribution in [2.75, 3.05) is 0 Å². The quantitative estimate of drug-likeness (QED) is 0.661. The molecule has 126 valence electrons. The average Bonchev–Trinajstić information content (AvgIpc) is 2.86. The Kier molecular flexibility index (Phi) is 11.6. The lowest BCUT2D eigenvalue weighted by molar-refractivity contribution is 0.108. The van der Waals surface area contributed by atoms with Gasteiger partial charge in [-0.2, -0.15) is 5.26 Å². The van der Waals surface area contributed by atoms with Crippen LogP contribution >= 0.6 is 11.6 Å².